The van der Waals surface area contributed by atoms with Crippen molar-refractivity contribution in [2.24, 2.45) is 0 Å². The Labute approximate surface area is 109 Å². The van der Waals surface area contributed by atoms with E-state index in [0.29, 0.717) is 10.7 Å². The van der Waals surface area contributed by atoms with Gasteiger partial charge in [0, 0.05) is 0 Å². The summed E-state index contributed by atoms with van der Waals surface area (Å²) in [5.74, 6) is 0. The molecule has 0 aliphatic carbocycles. The molecular weight excluding hydrogens is 262 g/mol. The number of hydrogen-bond donors (Lipinski definition) is 3. The van der Waals surface area contributed by atoms with Crippen molar-refractivity contribution in [3.63, 3.8) is 0 Å². The molecule has 0 bridgehead atoms. The zero-order valence-electron chi connectivity index (χ0n) is 9.12. The monoisotopic (exact) mass is 273 g/mol. The molecule has 0 heterocycles. The minimum absolute atomic E-state index is 0.214. The molecule has 0 aliphatic rings. The van der Waals surface area contributed by atoms with Crippen molar-refractivity contribution in [3.05, 3.63) is 29.3 Å². The normalized spacial score (nSPS) is 9.29. The molecule has 92 valence electrons. The summed E-state index contributed by atoms with van der Waals surface area (Å²) in [6.07, 6.45) is -0.601. The Morgan fingerprint density at radius 3 is 2.76 bits per heavy atom. The predicted octanol–water partition coefficient (Wildman–Crippen LogP) is 2.29. The first kappa shape index (κ1) is 13.5. The van der Waals surface area contributed by atoms with Gasteiger partial charge in [0.05, 0.1) is 17.3 Å². The lowest BCUT2D eigenvalue weighted by Crippen LogP contribution is -2.44. The van der Waals surface area contributed by atoms with Gasteiger partial charge in [-0.3, -0.25) is 5.43 Å². The standard InChI is InChI=1S/C10H12ClN3O2S/c1-2-16-10(15)14-13-9(17)12-8-6-4-3-5-7(8)11/h3-6H,2H2,1H3,(H,14,15)(H2,12,13,17). The number of halogens is 1. The van der Waals surface area contributed by atoms with Crippen LogP contribution in [-0.4, -0.2) is 17.8 Å². The van der Waals surface area contributed by atoms with E-state index < -0.39 is 6.09 Å². The topological polar surface area (TPSA) is 62.4 Å². The quantitative estimate of drug-likeness (QED) is 0.570. The molecule has 0 radical (unpaired) electrons. The van der Waals surface area contributed by atoms with Crippen LogP contribution >= 0.6 is 23.8 Å². The first-order valence-corrected chi connectivity index (χ1v) is 5.66. The van der Waals surface area contributed by atoms with Crippen molar-refractivity contribution in [2.75, 3.05) is 11.9 Å². The molecule has 0 unspecified atom stereocenters. The number of carbonyl (C=O) groups is 1. The number of amides is 1. The van der Waals surface area contributed by atoms with Gasteiger partial charge in [-0.25, -0.2) is 10.2 Å². The summed E-state index contributed by atoms with van der Waals surface area (Å²) in [4.78, 5) is 11.0. The molecule has 1 rings (SSSR count). The predicted molar refractivity (Wildman–Crippen MR) is 71.0 cm³/mol. The van der Waals surface area contributed by atoms with E-state index in [-0.39, 0.29) is 11.7 Å². The first-order chi connectivity index (χ1) is 8.13. The van der Waals surface area contributed by atoms with Gasteiger partial charge in [0.1, 0.15) is 0 Å². The van der Waals surface area contributed by atoms with Crippen LogP contribution in [0.2, 0.25) is 5.02 Å². The third kappa shape index (κ3) is 4.88. The second kappa shape index (κ2) is 6.93. The fourth-order valence-electron chi connectivity index (χ4n) is 0.991. The van der Waals surface area contributed by atoms with Crippen molar-refractivity contribution >= 4 is 40.7 Å². The fourth-order valence-corrected chi connectivity index (χ4v) is 1.34. The highest BCUT2D eigenvalue weighted by Crippen LogP contribution is 2.19. The van der Waals surface area contributed by atoms with Crippen LogP contribution in [0.4, 0.5) is 10.5 Å². The van der Waals surface area contributed by atoms with E-state index in [1.54, 1.807) is 25.1 Å². The average molecular weight is 274 g/mol. The van der Waals surface area contributed by atoms with Gasteiger partial charge in [-0.15, -0.1) is 0 Å². The van der Waals surface area contributed by atoms with Crippen LogP contribution < -0.4 is 16.2 Å². The summed E-state index contributed by atoms with van der Waals surface area (Å²) in [5.41, 5.74) is 5.40. The maximum Gasteiger partial charge on any atom is 0.425 e. The molecule has 0 aromatic heterocycles. The van der Waals surface area contributed by atoms with E-state index >= 15 is 0 Å². The number of para-hydroxylation sites is 1. The van der Waals surface area contributed by atoms with Crippen LogP contribution in [0.15, 0.2) is 24.3 Å². The summed E-state index contributed by atoms with van der Waals surface area (Å²) in [6, 6.07) is 7.11. The van der Waals surface area contributed by atoms with E-state index in [4.69, 9.17) is 23.8 Å². The Morgan fingerprint density at radius 1 is 1.41 bits per heavy atom. The molecule has 0 saturated carbocycles. The van der Waals surface area contributed by atoms with E-state index in [9.17, 15) is 4.79 Å². The first-order valence-electron chi connectivity index (χ1n) is 4.87. The minimum Gasteiger partial charge on any atom is -0.449 e. The van der Waals surface area contributed by atoms with Crippen LogP contribution in [-0.2, 0) is 4.74 Å². The lowest BCUT2D eigenvalue weighted by molar-refractivity contribution is 0.150. The van der Waals surface area contributed by atoms with Gasteiger partial charge in [0.25, 0.3) is 0 Å². The Morgan fingerprint density at radius 2 is 2.12 bits per heavy atom. The van der Waals surface area contributed by atoms with Crippen LogP contribution in [0.1, 0.15) is 6.92 Å². The van der Waals surface area contributed by atoms with Gasteiger partial charge in [-0.2, -0.15) is 0 Å². The third-order valence-electron chi connectivity index (χ3n) is 1.68. The van der Waals surface area contributed by atoms with Crippen molar-refractivity contribution in [1.29, 1.82) is 0 Å². The molecule has 17 heavy (non-hydrogen) atoms. The Balaban J connectivity index is 2.40. The average Bonchev–Trinajstić information content (AvgIpc) is 2.30. The summed E-state index contributed by atoms with van der Waals surface area (Å²) in [6.45, 7) is 2.00. The van der Waals surface area contributed by atoms with Crippen LogP contribution in [0, 0.1) is 0 Å². The van der Waals surface area contributed by atoms with Crippen molar-refractivity contribution in [1.82, 2.24) is 10.9 Å². The molecule has 3 N–H and O–H groups in total. The van der Waals surface area contributed by atoms with Crippen molar-refractivity contribution < 1.29 is 9.53 Å². The van der Waals surface area contributed by atoms with E-state index in [0.717, 1.165) is 0 Å². The Kier molecular flexibility index (Phi) is 5.51. The highest BCUT2D eigenvalue weighted by molar-refractivity contribution is 7.80. The molecule has 0 aliphatic heterocycles. The third-order valence-corrected chi connectivity index (χ3v) is 2.21. The molecule has 5 nitrogen and oxygen atoms in total. The minimum atomic E-state index is -0.601. The molecule has 0 spiro atoms. The molecule has 0 fully saturated rings. The van der Waals surface area contributed by atoms with Crippen molar-refractivity contribution in [3.8, 4) is 0 Å². The van der Waals surface area contributed by atoms with Crippen molar-refractivity contribution in [2.45, 2.75) is 6.92 Å². The molecule has 0 saturated heterocycles. The number of benzene rings is 1. The number of ether oxygens (including phenoxy) is 1. The van der Waals surface area contributed by atoms with E-state index in [1.165, 1.54) is 0 Å². The second-order valence-corrected chi connectivity index (χ2v) is 3.72. The molecular formula is C10H12ClN3O2S. The zero-order valence-corrected chi connectivity index (χ0v) is 10.7. The van der Waals surface area contributed by atoms with Gasteiger partial charge < -0.3 is 10.1 Å². The lowest BCUT2D eigenvalue weighted by Gasteiger charge is -2.12. The largest absolute Gasteiger partial charge is 0.449 e. The van der Waals surface area contributed by atoms with E-state index in [2.05, 4.69) is 20.9 Å². The number of hydrogen-bond acceptors (Lipinski definition) is 3. The summed E-state index contributed by atoms with van der Waals surface area (Å²) in [7, 11) is 0. The molecule has 1 amide bonds. The Bertz CT molecular complexity index is 414. The maximum atomic E-state index is 11.0. The van der Waals surface area contributed by atoms with Gasteiger partial charge >= 0.3 is 6.09 Å². The Hall–Kier alpha value is -1.53. The molecule has 7 heteroatoms. The van der Waals surface area contributed by atoms with Gasteiger partial charge in [-0.05, 0) is 31.3 Å². The number of carbonyl (C=O) groups excluding carboxylic acids is 1. The van der Waals surface area contributed by atoms with Gasteiger partial charge in [0.2, 0.25) is 0 Å². The number of hydrazine groups is 1. The number of nitrogens with one attached hydrogen (secondary N) is 3. The highest BCUT2D eigenvalue weighted by atomic mass is 35.5. The van der Waals surface area contributed by atoms with Crippen LogP contribution in [0.5, 0.6) is 0 Å². The molecule has 1 aromatic carbocycles. The second-order valence-electron chi connectivity index (χ2n) is 2.90. The van der Waals surface area contributed by atoms with Gasteiger partial charge in [0.15, 0.2) is 5.11 Å². The fraction of sp³-hybridized carbons (Fsp3) is 0.200. The number of rotatable bonds is 2. The summed E-state index contributed by atoms with van der Waals surface area (Å²) in [5, 5.41) is 3.57. The highest BCUT2D eigenvalue weighted by Gasteiger charge is 2.03. The zero-order chi connectivity index (χ0) is 12.7. The lowest BCUT2D eigenvalue weighted by atomic mass is 10.3. The maximum absolute atomic E-state index is 11.0. The number of thiocarbonyl (C=S) groups is 1. The molecule has 1 aromatic rings. The molecule has 0 atom stereocenters. The van der Waals surface area contributed by atoms with E-state index in [1.807, 2.05) is 6.07 Å². The number of anilines is 1. The van der Waals surface area contributed by atoms with Crippen LogP contribution in [0.25, 0.3) is 0 Å². The van der Waals surface area contributed by atoms with Gasteiger partial charge in [-0.1, -0.05) is 23.7 Å². The summed E-state index contributed by atoms with van der Waals surface area (Å²) < 4.78 is 4.64. The van der Waals surface area contributed by atoms with Crippen LogP contribution in [0.3, 0.4) is 0 Å². The smallest absolute Gasteiger partial charge is 0.425 e. The SMILES string of the molecule is CCOC(=O)NNC(=S)Nc1ccccc1Cl. The summed E-state index contributed by atoms with van der Waals surface area (Å²) >= 11 is 10.9.